The second kappa shape index (κ2) is 6.47. The van der Waals surface area contributed by atoms with Gasteiger partial charge in [-0.3, -0.25) is 14.5 Å². The van der Waals surface area contributed by atoms with Crippen molar-refractivity contribution < 1.29 is 9.59 Å². The second-order valence-corrected chi connectivity index (χ2v) is 6.19. The van der Waals surface area contributed by atoms with Crippen LogP contribution in [0.1, 0.15) is 42.1 Å². The average Bonchev–Trinajstić information content (AvgIpc) is 2.99. The molecule has 0 radical (unpaired) electrons. The van der Waals surface area contributed by atoms with Crippen LogP contribution in [0.3, 0.4) is 0 Å². The normalized spacial score (nSPS) is 18.1. The molecule has 126 valence electrons. The number of carbonyl (C=O) groups excluding carboxylic acids is 2. The highest BCUT2D eigenvalue weighted by Crippen LogP contribution is 2.23. The number of fused-ring (bicyclic) bond motifs is 1. The average molecular weight is 326 g/mol. The maximum absolute atomic E-state index is 11.9. The molecule has 1 aliphatic heterocycles. The summed E-state index contributed by atoms with van der Waals surface area (Å²) in [5, 5.41) is 1.06. The smallest absolute Gasteiger partial charge is 0.231 e. The van der Waals surface area contributed by atoms with E-state index in [1.807, 2.05) is 31.3 Å². The number of benzene rings is 1. The minimum absolute atomic E-state index is 0.00209. The number of aliphatic imine (C=N–C) groups is 1. The van der Waals surface area contributed by atoms with Gasteiger partial charge in [-0.1, -0.05) is 6.92 Å². The van der Waals surface area contributed by atoms with E-state index in [4.69, 9.17) is 5.73 Å². The quantitative estimate of drug-likeness (QED) is 0.825. The number of hydrogen-bond acceptors (Lipinski definition) is 4. The molecule has 1 aliphatic rings. The maximum Gasteiger partial charge on any atom is 0.231 e. The first kappa shape index (κ1) is 16.2. The topological polar surface area (TPSA) is 91.5 Å². The lowest BCUT2D eigenvalue weighted by Crippen LogP contribution is -2.44. The highest BCUT2D eigenvalue weighted by atomic mass is 16.2. The van der Waals surface area contributed by atoms with Crippen LogP contribution in [-0.2, 0) is 11.2 Å². The SMILES string of the molecule is CCC(=O)c1ccc2[nH]cc(CCC3CC(=O)N(C)C(N)=N3)c2c1. The van der Waals surface area contributed by atoms with Gasteiger partial charge in [-0.15, -0.1) is 0 Å². The van der Waals surface area contributed by atoms with Gasteiger partial charge >= 0.3 is 0 Å². The van der Waals surface area contributed by atoms with E-state index in [0.717, 1.165) is 34.9 Å². The van der Waals surface area contributed by atoms with Crippen LogP contribution >= 0.6 is 0 Å². The van der Waals surface area contributed by atoms with E-state index >= 15 is 0 Å². The van der Waals surface area contributed by atoms with E-state index in [1.165, 1.54) is 4.90 Å². The predicted molar refractivity (Wildman–Crippen MR) is 94.0 cm³/mol. The van der Waals surface area contributed by atoms with E-state index in [2.05, 4.69) is 9.98 Å². The Morgan fingerprint density at radius 3 is 2.96 bits per heavy atom. The van der Waals surface area contributed by atoms with Crippen molar-refractivity contribution in [2.75, 3.05) is 7.05 Å². The molecule has 6 heteroatoms. The molecule has 1 aromatic heterocycles. The fourth-order valence-electron chi connectivity index (χ4n) is 3.04. The third kappa shape index (κ3) is 3.04. The number of nitrogens with two attached hydrogens (primary N) is 1. The lowest BCUT2D eigenvalue weighted by atomic mass is 9.99. The van der Waals surface area contributed by atoms with Crippen molar-refractivity contribution >= 4 is 28.6 Å². The molecule has 1 aromatic carbocycles. The minimum atomic E-state index is -0.0842. The van der Waals surface area contributed by atoms with Gasteiger partial charge in [-0.05, 0) is 36.6 Å². The Kier molecular flexibility index (Phi) is 4.38. The first-order chi connectivity index (χ1) is 11.5. The molecule has 3 N–H and O–H groups in total. The molecule has 2 aromatic rings. The van der Waals surface area contributed by atoms with Gasteiger partial charge in [-0.25, -0.2) is 4.99 Å². The molecule has 1 atom stereocenters. The molecule has 0 spiro atoms. The first-order valence-electron chi connectivity index (χ1n) is 8.22. The van der Waals surface area contributed by atoms with Gasteiger partial charge in [0.1, 0.15) is 0 Å². The fourth-order valence-corrected chi connectivity index (χ4v) is 3.04. The van der Waals surface area contributed by atoms with Crippen molar-refractivity contribution in [2.24, 2.45) is 10.7 Å². The number of nitrogens with one attached hydrogen (secondary N) is 1. The number of ketones is 1. The standard InChI is InChI=1S/C18H22N4O2/c1-3-16(23)11-5-7-15-14(8-11)12(10-20-15)4-6-13-9-17(24)22(2)18(19)21-13/h5,7-8,10,13,20H,3-4,6,9H2,1-2H3,(H2,19,21). The van der Waals surface area contributed by atoms with Gasteiger partial charge in [0.2, 0.25) is 5.91 Å². The maximum atomic E-state index is 11.9. The molecular formula is C18H22N4O2. The van der Waals surface area contributed by atoms with Crippen LogP contribution < -0.4 is 5.73 Å². The second-order valence-electron chi connectivity index (χ2n) is 6.19. The molecule has 1 unspecified atom stereocenters. The zero-order valence-electron chi connectivity index (χ0n) is 14.0. The van der Waals surface area contributed by atoms with Crippen molar-refractivity contribution in [3.63, 3.8) is 0 Å². The number of aromatic amines is 1. The van der Waals surface area contributed by atoms with Crippen LogP contribution in [-0.4, -0.2) is 40.6 Å². The molecule has 0 saturated heterocycles. The molecular weight excluding hydrogens is 304 g/mol. The molecule has 3 rings (SSSR count). The van der Waals surface area contributed by atoms with Crippen LogP contribution in [0.5, 0.6) is 0 Å². The summed E-state index contributed by atoms with van der Waals surface area (Å²) >= 11 is 0. The number of H-pyrrole nitrogens is 1. The van der Waals surface area contributed by atoms with Gasteiger partial charge in [0, 0.05) is 42.6 Å². The van der Waals surface area contributed by atoms with Gasteiger partial charge in [-0.2, -0.15) is 0 Å². The van der Waals surface area contributed by atoms with Crippen molar-refractivity contribution in [3.05, 3.63) is 35.5 Å². The summed E-state index contributed by atoms with van der Waals surface area (Å²) in [6, 6.07) is 5.66. The van der Waals surface area contributed by atoms with Crippen molar-refractivity contribution in [3.8, 4) is 0 Å². The van der Waals surface area contributed by atoms with E-state index in [0.29, 0.717) is 12.8 Å². The van der Waals surface area contributed by atoms with Gasteiger partial charge < -0.3 is 10.7 Å². The molecule has 0 bridgehead atoms. The van der Waals surface area contributed by atoms with Gasteiger partial charge in [0.25, 0.3) is 0 Å². The summed E-state index contributed by atoms with van der Waals surface area (Å²) < 4.78 is 0. The Morgan fingerprint density at radius 1 is 1.46 bits per heavy atom. The zero-order chi connectivity index (χ0) is 17.3. The summed E-state index contributed by atoms with van der Waals surface area (Å²) in [5.41, 5.74) is 8.67. The first-order valence-corrected chi connectivity index (χ1v) is 8.22. The highest BCUT2D eigenvalue weighted by molar-refractivity contribution is 6.00. The number of amides is 1. The number of rotatable bonds is 5. The predicted octanol–water partition coefficient (Wildman–Crippen LogP) is 2.24. The van der Waals surface area contributed by atoms with E-state index in [1.54, 1.807) is 7.05 Å². The van der Waals surface area contributed by atoms with Gasteiger partial charge in [0.05, 0.1) is 6.04 Å². The van der Waals surface area contributed by atoms with Crippen molar-refractivity contribution in [1.29, 1.82) is 0 Å². The third-order valence-corrected chi connectivity index (χ3v) is 4.60. The van der Waals surface area contributed by atoms with Crippen LogP contribution in [0.25, 0.3) is 10.9 Å². The zero-order valence-corrected chi connectivity index (χ0v) is 14.0. The third-order valence-electron chi connectivity index (χ3n) is 4.60. The summed E-state index contributed by atoms with van der Waals surface area (Å²) in [6.45, 7) is 1.87. The Bertz CT molecular complexity index is 822. The number of Topliss-reactive ketones (excluding diaryl/α,β-unsaturated/α-hetero) is 1. The molecule has 1 amide bonds. The number of aryl methyl sites for hydroxylation is 1. The van der Waals surface area contributed by atoms with Crippen LogP contribution in [0.4, 0.5) is 0 Å². The summed E-state index contributed by atoms with van der Waals surface area (Å²) in [5.74, 6) is 0.426. The highest BCUT2D eigenvalue weighted by Gasteiger charge is 2.24. The largest absolute Gasteiger partial charge is 0.369 e. The van der Waals surface area contributed by atoms with E-state index < -0.39 is 0 Å². The lowest BCUT2D eigenvalue weighted by molar-refractivity contribution is -0.127. The number of carbonyl (C=O) groups is 2. The minimum Gasteiger partial charge on any atom is -0.369 e. The summed E-state index contributed by atoms with van der Waals surface area (Å²) in [7, 11) is 1.64. The van der Waals surface area contributed by atoms with E-state index in [9.17, 15) is 9.59 Å². The number of nitrogens with zero attached hydrogens (tertiary/aromatic N) is 2. The molecule has 0 aliphatic carbocycles. The van der Waals surface area contributed by atoms with Crippen molar-refractivity contribution in [1.82, 2.24) is 9.88 Å². The summed E-state index contributed by atoms with van der Waals surface area (Å²) in [4.78, 5) is 32.8. The van der Waals surface area contributed by atoms with Crippen LogP contribution in [0.15, 0.2) is 29.4 Å². The van der Waals surface area contributed by atoms with Gasteiger partial charge in [0.15, 0.2) is 11.7 Å². The lowest BCUT2D eigenvalue weighted by Gasteiger charge is -2.25. The number of guanidine groups is 1. The monoisotopic (exact) mass is 326 g/mol. The number of hydrogen-bond donors (Lipinski definition) is 2. The Morgan fingerprint density at radius 2 is 2.25 bits per heavy atom. The number of aromatic nitrogens is 1. The Balaban J connectivity index is 1.78. The Labute approximate surface area is 140 Å². The Hall–Kier alpha value is -2.63. The molecule has 0 fully saturated rings. The van der Waals surface area contributed by atoms with Crippen LogP contribution in [0, 0.1) is 0 Å². The molecule has 24 heavy (non-hydrogen) atoms. The van der Waals surface area contributed by atoms with Crippen molar-refractivity contribution in [2.45, 2.75) is 38.6 Å². The molecule has 0 saturated carbocycles. The van der Waals surface area contributed by atoms with E-state index in [-0.39, 0.29) is 23.7 Å². The molecule has 6 nitrogen and oxygen atoms in total. The fraction of sp³-hybridized carbons (Fsp3) is 0.389. The summed E-state index contributed by atoms with van der Waals surface area (Å²) in [6.07, 6.45) is 4.38. The van der Waals surface area contributed by atoms with Crippen LogP contribution in [0.2, 0.25) is 0 Å². The molecule has 2 heterocycles.